The number of aromatic nitrogens is 2. The average Bonchev–Trinajstić information content (AvgIpc) is 2.17. The highest BCUT2D eigenvalue weighted by atomic mass is 16.5. The van der Waals surface area contributed by atoms with Gasteiger partial charge in [0.25, 0.3) is 0 Å². The standard InChI is InChI=1S/C10H14N2O3/c1-4-15-8-5-7(10(13)14)11-9(12-8)6(2)3/h5-6H,4H2,1-3H3,(H,13,14). The molecule has 0 aliphatic rings. The van der Waals surface area contributed by atoms with E-state index in [2.05, 4.69) is 9.97 Å². The van der Waals surface area contributed by atoms with Gasteiger partial charge in [0, 0.05) is 12.0 Å². The van der Waals surface area contributed by atoms with E-state index in [1.165, 1.54) is 6.07 Å². The number of aromatic carboxylic acids is 1. The molecule has 5 heteroatoms. The smallest absolute Gasteiger partial charge is 0.354 e. The summed E-state index contributed by atoms with van der Waals surface area (Å²) in [4.78, 5) is 18.8. The minimum Gasteiger partial charge on any atom is -0.478 e. The molecule has 0 atom stereocenters. The molecule has 0 aliphatic carbocycles. The third kappa shape index (κ3) is 2.90. The van der Waals surface area contributed by atoms with Crippen molar-refractivity contribution in [3.05, 3.63) is 17.6 Å². The van der Waals surface area contributed by atoms with Gasteiger partial charge in [-0.15, -0.1) is 0 Å². The van der Waals surface area contributed by atoms with Crippen LogP contribution in [0, 0.1) is 0 Å². The zero-order chi connectivity index (χ0) is 11.4. The van der Waals surface area contributed by atoms with Crippen molar-refractivity contribution in [1.29, 1.82) is 0 Å². The Morgan fingerprint density at radius 1 is 1.53 bits per heavy atom. The molecule has 5 nitrogen and oxygen atoms in total. The molecule has 0 aromatic carbocycles. The van der Waals surface area contributed by atoms with E-state index < -0.39 is 5.97 Å². The first-order valence-electron chi connectivity index (χ1n) is 4.79. The van der Waals surface area contributed by atoms with Gasteiger partial charge >= 0.3 is 5.97 Å². The molecule has 0 amide bonds. The highest BCUT2D eigenvalue weighted by Gasteiger charge is 2.12. The Morgan fingerprint density at radius 3 is 2.67 bits per heavy atom. The number of carbonyl (C=O) groups is 1. The van der Waals surface area contributed by atoms with Crippen molar-refractivity contribution in [2.45, 2.75) is 26.7 Å². The predicted octanol–water partition coefficient (Wildman–Crippen LogP) is 1.70. The molecule has 0 saturated carbocycles. The summed E-state index contributed by atoms with van der Waals surface area (Å²) in [6.07, 6.45) is 0. The highest BCUT2D eigenvalue weighted by molar-refractivity contribution is 5.85. The normalized spacial score (nSPS) is 10.4. The van der Waals surface area contributed by atoms with Crippen molar-refractivity contribution in [3.63, 3.8) is 0 Å². The maximum Gasteiger partial charge on any atom is 0.354 e. The Bertz CT molecular complexity index is 364. The summed E-state index contributed by atoms with van der Waals surface area (Å²) in [5.41, 5.74) is -0.0304. The fraction of sp³-hybridized carbons (Fsp3) is 0.500. The van der Waals surface area contributed by atoms with Gasteiger partial charge in [-0.3, -0.25) is 0 Å². The lowest BCUT2D eigenvalue weighted by Gasteiger charge is -2.08. The van der Waals surface area contributed by atoms with Crippen molar-refractivity contribution in [1.82, 2.24) is 9.97 Å². The first-order chi connectivity index (χ1) is 7.04. The zero-order valence-electron chi connectivity index (χ0n) is 9.02. The largest absolute Gasteiger partial charge is 0.478 e. The summed E-state index contributed by atoms with van der Waals surface area (Å²) >= 11 is 0. The summed E-state index contributed by atoms with van der Waals surface area (Å²) in [6, 6.07) is 1.33. The second-order valence-electron chi connectivity index (χ2n) is 3.34. The van der Waals surface area contributed by atoms with Crippen LogP contribution in [0.3, 0.4) is 0 Å². The van der Waals surface area contributed by atoms with Crippen molar-refractivity contribution in [2.24, 2.45) is 0 Å². The SMILES string of the molecule is CCOc1cc(C(=O)O)nc(C(C)C)n1. The molecule has 0 saturated heterocycles. The second kappa shape index (κ2) is 4.72. The monoisotopic (exact) mass is 210 g/mol. The summed E-state index contributed by atoms with van der Waals surface area (Å²) in [5.74, 6) is -0.198. The van der Waals surface area contributed by atoms with Crippen LogP contribution in [0.25, 0.3) is 0 Å². The van der Waals surface area contributed by atoms with Crippen LogP contribution in [0.1, 0.15) is 43.0 Å². The van der Waals surface area contributed by atoms with E-state index in [1.807, 2.05) is 20.8 Å². The fourth-order valence-electron chi connectivity index (χ4n) is 1.03. The molecule has 1 aromatic heterocycles. The van der Waals surface area contributed by atoms with Crippen LogP contribution >= 0.6 is 0 Å². The summed E-state index contributed by atoms with van der Waals surface area (Å²) in [5, 5.41) is 8.84. The maximum atomic E-state index is 10.8. The van der Waals surface area contributed by atoms with Crippen molar-refractivity contribution >= 4 is 5.97 Å². The van der Waals surface area contributed by atoms with Crippen LogP contribution in [0.15, 0.2) is 6.07 Å². The molecule has 0 radical (unpaired) electrons. The molecule has 0 fully saturated rings. The Kier molecular flexibility index (Phi) is 3.60. The lowest BCUT2D eigenvalue weighted by atomic mass is 10.2. The minimum atomic E-state index is -1.07. The molecule has 0 bridgehead atoms. The molecule has 82 valence electrons. The van der Waals surface area contributed by atoms with E-state index in [4.69, 9.17) is 9.84 Å². The van der Waals surface area contributed by atoms with Crippen LogP contribution in [0.4, 0.5) is 0 Å². The lowest BCUT2D eigenvalue weighted by Crippen LogP contribution is -2.08. The molecule has 1 N–H and O–H groups in total. The minimum absolute atomic E-state index is 0.0304. The number of rotatable bonds is 4. The topological polar surface area (TPSA) is 72.3 Å². The van der Waals surface area contributed by atoms with Gasteiger partial charge in [0.05, 0.1) is 6.61 Å². The van der Waals surface area contributed by atoms with E-state index in [1.54, 1.807) is 0 Å². The van der Waals surface area contributed by atoms with Gasteiger partial charge in [0.15, 0.2) is 5.69 Å². The molecular weight excluding hydrogens is 196 g/mol. The van der Waals surface area contributed by atoms with Crippen LogP contribution < -0.4 is 4.74 Å². The van der Waals surface area contributed by atoms with E-state index in [-0.39, 0.29) is 11.6 Å². The van der Waals surface area contributed by atoms with Gasteiger partial charge in [0.1, 0.15) is 5.82 Å². The molecule has 1 heterocycles. The van der Waals surface area contributed by atoms with Crippen molar-refractivity contribution in [2.75, 3.05) is 6.61 Å². The van der Waals surface area contributed by atoms with Gasteiger partial charge in [-0.25, -0.2) is 9.78 Å². The molecule has 0 aliphatic heterocycles. The molecule has 0 spiro atoms. The van der Waals surface area contributed by atoms with E-state index in [0.717, 1.165) is 0 Å². The third-order valence-corrected chi connectivity index (χ3v) is 1.75. The van der Waals surface area contributed by atoms with Crippen LogP contribution in [0.2, 0.25) is 0 Å². The van der Waals surface area contributed by atoms with Crippen molar-refractivity contribution in [3.8, 4) is 5.88 Å². The molecule has 1 aromatic rings. The van der Waals surface area contributed by atoms with E-state index in [9.17, 15) is 4.79 Å². The second-order valence-corrected chi connectivity index (χ2v) is 3.34. The Morgan fingerprint density at radius 2 is 2.20 bits per heavy atom. The first-order valence-corrected chi connectivity index (χ1v) is 4.79. The van der Waals surface area contributed by atoms with Crippen molar-refractivity contribution < 1.29 is 14.6 Å². The first kappa shape index (κ1) is 11.4. The number of hydrogen-bond donors (Lipinski definition) is 1. The Hall–Kier alpha value is -1.65. The van der Waals surface area contributed by atoms with E-state index >= 15 is 0 Å². The zero-order valence-corrected chi connectivity index (χ0v) is 9.02. The van der Waals surface area contributed by atoms with Gasteiger partial charge in [0.2, 0.25) is 5.88 Å². The lowest BCUT2D eigenvalue weighted by molar-refractivity contribution is 0.0689. The number of hydrogen-bond acceptors (Lipinski definition) is 4. The average molecular weight is 210 g/mol. The molecule has 15 heavy (non-hydrogen) atoms. The number of nitrogens with zero attached hydrogens (tertiary/aromatic N) is 2. The Balaban J connectivity index is 3.14. The number of carboxylic acids is 1. The Labute approximate surface area is 88.1 Å². The van der Waals surface area contributed by atoms with Crippen LogP contribution in [-0.4, -0.2) is 27.7 Å². The fourth-order valence-corrected chi connectivity index (χ4v) is 1.03. The van der Waals surface area contributed by atoms with Crippen LogP contribution in [0.5, 0.6) is 5.88 Å². The summed E-state index contributed by atoms with van der Waals surface area (Å²) in [7, 11) is 0. The van der Waals surface area contributed by atoms with Gasteiger partial charge in [-0.05, 0) is 6.92 Å². The summed E-state index contributed by atoms with van der Waals surface area (Å²) < 4.78 is 5.17. The molecule has 1 rings (SSSR count). The maximum absolute atomic E-state index is 10.8. The molecule has 0 unspecified atom stereocenters. The predicted molar refractivity (Wildman–Crippen MR) is 54.2 cm³/mol. The molecular formula is C10H14N2O3. The van der Waals surface area contributed by atoms with Crippen LogP contribution in [-0.2, 0) is 0 Å². The number of ether oxygens (including phenoxy) is 1. The number of carboxylic acid groups (broad SMARTS) is 1. The third-order valence-electron chi connectivity index (χ3n) is 1.75. The highest BCUT2D eigenvalue weighted by Crippen LogP contribution is 2.15. The quantitative estimate of drug-likeness (QED) is 0.818. The van der Waals surface area contributed by atoms with Gasteiger partial charge in [-0.1, -0.05) is 13.8 Å². The summed E-state index contributed by atoms with van der Waals surface area (Å²) in [6.45, 7) is 6.07. The van der Waals surface area contributed by atoms with E-state index in [0.29, 0.717) is 18.3 Å². The van der Waals surface area contributed by atoms with Gasteiger partial charge in [-0.2, -0.15) is 4.98 Å². The van der Waals surface area contributed by atoms with Gasteiger partial charge < -0.3 is 9.84 Å².